The molecule has 9 heteroatoms. The predicted octanol–water partition coefficient (Wildman–Crippen LogP) is 1.63. The summed E-state index contributed by atoms with van der Waals surface area (Å²) in [4.78, 5) is 34.0. The van der Waals surface area contributed by atoms with E-state index in [1.165, 1.54) is 5.56 Å². The van der Waals surface area contributed by atoms with Gasteiger partial charge in [0, 0.05) is 64.0 Å². The summed E-state index contributed by atoms with van der Waals surface area (Å²) in [7, 11) is 0. The Bertz CT molecular complexity index is 1060. The fourth-order valence-electron chi connectivity index (χ4n) is 4.92. The van der Waals surface area contributed by atoms with Crippen LogP contribution in [-0.2, 0) is 14.3 Å². The van der Waals surface area contributed by atoms with Crippen LogP contribution in [-0.4, -0.2) is 85.9 Å². The zero-order chi connectivity index (χ0) is 23.7. The highest BCUT2D eigenvalue weighted by atomic mass is 16.5. The van der Waals surface area contributed by atoms with Crippen LogP contribution in [0.4, 0.5) is 17.2 Å². The summed E-state index contributed by atoms with van der Waals surface area (Å²) in [6.45, 7) is 10.4. The van der Waals surface area contributed by atoms with Crippen LogP contribution in [0, 0.1) is 19.8 Å². The van der Waals surface area contributed by atoms with E-state index in [0.29, 0.717) is 32.7 Å². The molecule has 1 atom stereocenters. The fraction of sp³-hybridized carbons (Fsp3) is 0.520. The molecule has 1 aromatic heterocycles. The molecule has 5 rings (SSSR count). The normalized spacial score (nSPS) is 21.4. The van der Waals surface area contributed by atoms with Gasteiger partial charge in [-0.2, -0.15) is 5.10 Å². The number of amides is 2. The highest BCUT2D eigenvalue weighted by Gasteiger charge is 2.38. The number of aryl methyl sites for hydroxylation is 2. The lowest BCUT2D eigenvalue weighted by Gasteiger charge is -2.36. The van der Waals surface area contributed by atoms with Crippen LogP contribution in [0.25, 0.3) is 0 Å². The van der Waals surface area contributed by atoms with Gasteiger partial charge >= 0.3 is 0 Å². The van der Waals surface area contributed by atoms with Crippen molar-refractivity contribution >= 4 is 29.0 Å². The molecule has 34 heavy (non-hydrogen) atoms. The molecule has 2 amide bonds. The molecular weight excluding hydrogens is 432 g/mol. The van der Waals surface area contributed by atoms with Crippen molar-refractivity contribution in [1.29, 1.82) is 0 Å². The number of carbonyl (C=O) groups excluding carboxylic acids is 2. The van der Waals surface area contributed by atoms with Crippen LogP contribution >= 0.6 is 0 Å². The van der Waals surface area contributed by atoms with Crippen LogP contribution < -0.4 is 14.7 Å². The van der Waals surface area contributed by atoms with Gasteiger partial charge < -0.3 is 24.3 Å². The van der Waals surface area contributed by atoms with Gasteiger partial charge in [-0.15, -0.1) is 5.10 Å². The summed E-state index contributed by atoms with van der Waals surface area (Å²) in [6.07, 6.45) is 2.08. The van der Waals surface area contributed by atoms with Gasteiger partial charge in [-0.3, -0.25) is 9.59 Å². The molecule has 0 bridgehead atoms. The van der Waals surface area contributed by atoms with E-state index in [1.807, 2.05) is 30.0 Å². The minimum atomic E-state index is -0.287. The fourth-order valence-corrected chi connectivity index (χ4v) is 4.92. The topological polar surface area (TPSA) is 82.1 Å². The van der Waals surface area contributed by atoms with Crippen molar-refractivity contribution in [1.82, 2.24) is 15.1 Å². The van der Waals surface area contributed by atoms with Gasteiger partial charge in [-0.05, 0) is 37.1 Å². The van der Waals surface area contributed by atoms with Gasteiger partial charge in [0.1, 0.15) is 0 Å². The monoisotopic (exact) mass is 464 g/mol. The molecule has 0 radical (unpaired) electrons. The standard InChI is InChI=1S/C25H32N6O3/c1-18-3-4-21(13-19(18)2)31-17-20(14-24(31)32)25(33)30-7-5-29(6-8-30)23-15-22(16-26-27-23)28-9-11-34-12-10-28/h3-4,13,15-16,20H,5-12,14,17H2,1-2H3. The Labute approximate surface area is 200 Å². The quantitative estimate of drug-likeness (QED) is 0.680. The molecule has 1 unspecified atom stereocenters. The van der Waals surface area contributed by atoms with E-state index < -0.39 is 0 Å². The zero-order valence-electron chi connectivity index (χ0n) is 19.9. The Morgan fingerprint density at radius 2 is 1.71 bits per heavy atom. The molecule has 0 aliphatic carbocycles. The van der Waals surface area contributed by atoms with Gasteiger partial charge in [0.25, 0.3) is 0 Å². The van der Waals surface area contributed by atoms with Gasteiger partial charge in [0.05, 0.1) is 31.0 Å². The third-order valence-corrected chi connectivity index (χ3v) is 7.20. The van der Waals surface area contributed by atoms with Crippen molar-refractivity contribution in [3.63, 3.8) is 0 Å². The molecule has 3 saturated heterocycles. The molecule has 3 aliphatic heterocycles. The van der Waals surface area contributed by atoms with Crippen molar-refractivity contribution in [3.05, 3.63) is 41.6 Å². The van der Waals surface area contributed by atoms with E-state index in [2.05, 4.69) is 33.0 Å². The first kappa shape index (κ1) is 22.6. The number of hydrogen-bond donors (Lipinski definition) is 0. The van der Waals surface area contributed by atoms with Crippen molar-refractivity contribution in [2.75, 3.05) is 73.7 Å². The molecule has 0 spiro atoms. The second-order valence-electron chi connectivity index (χ2n) is 9.36. The predicted molar refractivity (Wildman–Crippen MR) is 130 cm³/mol. The second-order valence-corrected chi connectivity index (χ2v) is 9.36. The minimum Gasteiger partial charge on any atom is -0.378 e. The Kier molecular flexibility index (Phi) is 6.36. The molecule has 2 aromatic rings. The third kappa shape index (κ3) is 4.57. The van der Waals surface area contributed by atoms with Crippen molar-refractivity contribution in [3.8, 4) is 0 Å². The van der Waals surface area contributed by atoms with Crippen LogP contribution in [0.2, 0.25) is 0 Å². The van der Waals surface area contributed by atoms with E-state index in [0.717, 1.165) is 49.1 Å². The Balaban J connectivity index is 1.18. The maximum atomic E-state index is 13.2. The summed E-state index contributed by atoms with van der Waals surface area (Å²) in [5.74, 6) is 0.654. The number of anilines is 3. The van der Waals surface area contributed by atoms with Crippen LogP contribution in [0.5, 0.6) is 0 Å². The Morgan fingerprint density at radius 1 is 0.941 bits per heavy atom. The summed E-state index contributed by atoms with van der Waals surface area (Å²) >= 11 is 0. The van der Waals surface area contributed by atoms with Gasteiger partial charge in [0.2, 0.25) is 11.8 Å². The average molecular weight is 465 g/mol. The maximum Gasteiger partial charge on any atom is 0.228 e. The largest absolute Gasteiger partial charge is 0.378 e. The maximum absolute atomic E-state index is 13.2. The summed E-state index contributed by atoms with van der Waals surface area (Å²) in [5, 5.41) is 8.55. The molecule has 1 aromatic carbocycles. The molecule has 4 heterocycles. The number of benzene rings is 1. The first-order valence-electron chi connectivity index (χ1n) is 12.1. The van der Waals surface area contributed by atoms with Gasteiger partial charge in [-0.1, -0.05) is 6.07 Å². The number of rotatable bonds is 4. The van der Waals surface area contributed by atoms with E-state index in [-0.39, 0.29) is 24.2 Å². The summed E-state index contributed by atoms with van der Waals surface area (Å²) in [6, 6.07) is 8.11. The molecule has 9 nitrogen and oxygen atoms in total. The second kappa shape index (κ2) is 9.58. The van der Waals surface area contributed by atoms with Crippen LogP contribution in [0.15, 0.2) is 30.5 Å². The van der Waals surface area contributed by atoms with Gasteiger partial charge in [0.15, 0.2) is 5.82 Å². The minimum absolute atomic E-state index is 0.0236. The van der Waals surface area contributed by atoms with E-state index >= 15 is 0 Å². The first-order chi connectivity index (χ1) is 16.5. The average Bonchev–Trinajstić information content (AvgIpc) is 3.27. The number of nitrogens with zero attached hydrogens (tertiary/aromatic N) is 6. The van der Waals surface area contributed by atoms with E-state index in [1.54, 1.807) is 11.1 Å². The number of ether oxygens (including phenoxy) is 1. The summed E-state index contributed by atoms with van der Waals surface area (Å²) in [5.41, 5.74) is 4.28. The molecule has 3 fully saturated rings. The Morgan fingerprint density at radius 3 is 2.44 bits per heavy atom. The van der Waals surface area contributed by atoms with E-state index in [4.69, 9.17) is 4.74 Å². The number of hydrogen-bond acceptors (Lipinski definition) is 7. The van der Waals surface area contributed by atoms with E-state index in [9.17, 15) is 9.59 Å². The van der Waals surface area contributed by atoms with Crippen molar-refractivity contribution < 1.29 is 14.3 Å². The SMILES string of the molecule is Cc1ccc(N2CC(C(=O)N3CCN(c4cc(N5CCOCC5)cnn4)CC3)CC2=O)cc1C. The lowest BCUT2D eigenvalue weighted by Crippen LogP contribution is -2.51. The molecule has 180 valence electrons. The highest BCUT2D eigenvalue weighted by molar-refractivity contribution is 6.00. The lowest BCUT2D eigenvalue weighted by atomic mass is 10.1. The van der Waals surface area contributed by atoms with Crippen LogP contribution in [0.3, 0.4) is 0 Å². The van der Waals surface area contributed by atoms with Gasteiger partial charge in [-0.25, -0.2) is 0 Å². The summed E-state index contributed by atoms with van der Waals surface area (Å²) < 4.78 is 5.44. The Hall–Kier alpha value is -3.20. The number of morpholine rings is 1. The number of carbonyl (C=O) groups is 2. The third-order valence-electron chi connectivity index (χ3n) is 7.20. The molecular formula is C25H32N6O3. The molecule has 3 aliphatic rings. The smallest absolute Gasteiger partial charge is 0.228 e. The van der Waals surface area contributed by atoms with Crippen molar-refractivity contribution in [2.45, 2.75) is 20.3 Å². The number of aromatic nitrogens is 2. The number of piperazine rings is 1. The zero-order valence-corrected chi connectivity index (χ0v) is 19.9. The molecule has 0 N–H and O–H groups in total. The van der Waals surface area contributed by atoms with Crippen molar-refractivity contribution in [2.24, 2.45) is 5.92 Å². The first-order valence-corrected chi connectivity index (χ1v) is 12.1. The lowest BCUT2D eigenvalue weighted by molar-refractivity contribution is -0.136. The molecule has 0 saturated carbocycles. The highest BCUT2D eigenvalue weighted by Crippen LogP contribution is 2.28. The van der Waals surface area contributed by atoms with Crippen LogP contribution in [0.1, 0.15) is 17.5 Å².